The van der Waals surface area contributed by atoms with E-state index in [1.807, 2.05) is 30.0 Å². The Labute approximate surface area is 88.1 Å². The topological polar surface area (TPSA) is 30.0 Å². The molecule has 0 N–H and O–H groups in total. The van der Waals surface area contributed by atoms with Crippen LogP contribution in [0.1, 0.15) is 23.3 Å². The summed E-state index contributed by atoms with van der Waals surface area (Å²) in [4.78, 5) is 16.0. The molecule has 1 fully saturated rings. The van der Waals surface area contributed by atoms with Crippen LogP contribution in [0.3, 0.4) is 0 Å². The summed E-state index contributed by atoms with van der Waals surface area (Å²) >= 11 is 1.94. The van der Waals surface area contributed by atoms with E-state index in [4.69, 9.17) is 0 Å². The van der Waals surface area contributed by atoms with Crippen LogP contribution in [0.2, 0.25) is 0 Å². The fourth-order valence-electron chi connectivity index (χ4n) is 1.68. The minimum absolute atomic E-state index is 0.214. The second-order valence-corrected chi connectivity index (χ2v) is 4.69. The molecule has 0 unspecified atom stereocenters. The lowest BCUT2D eigenvalue weighted by Crippen LogP contribution is -2.20. The molecule has 0 amide bonds. The number of hydrogen-bond donors (Lipinski definition) is 0. The Bertz CT molecular complexity index is 306. The highest BCUT2D eigenvalue weighted by Crippen LogP contribution is 2.25. The maximum Gasteiger partial charge on any atom is 0.184 e. The van der Waals surface area contributed by atoms with E-state index in [1.165, 1.54) is 0 Å². The normalized spacial score (nSPS) is 18.0. The Kier molecular flexibility index (Phi) is 3.19. The number of aromatic nitrogens is 1. The monoisotopic (exact) mass is 207 g/mol. The smallest absolute Gasteiger partial charge is 0.184 e. The summed E-state index contributed by atoms with van der Waals surface area (Å²) in [5.41, 5.74) is 0.629. The Balaban J connectivity index is 2.07. The average molecular weight is 207 g/mol. The second kappa shape index (κ2) is 4.60. The second-order valence-electron chi connectivity index (χ2n) is 3.47. The van der Waals surface area contributed by atoms with E-state index in [0.29, 0.717) is 5.69 Å². The summed E-state index contributed by atoms with van der Waals surface area (Å²) < 4.78 is 0. The Hall–Kier alpha value is -0.830. The van der Waals surface area contributed by atoms with Crippen LogP contribution in [0.25, 0.3) is 0 Å². The number of nitrogens with zero attached hydrogens (tertiary/aromatic N) is 1. The van der Waals surface area contributed by atoms with Crippen LogP contribution in [0.4, 0.5) is 0 Å². The first-order valence-electron chi connectivity index (χ1n) is 4.91. The Morgan fingerprint density at radius 3 is 2.79 bits per heavy atom. The lowest BCUT2D eigenvalue weighted by Gasteiger charge is -2.19. The molecule has 0 aliphatic carbocycles. The molecule has 3 heteroatoms. The van der Waals surface area contributed by atoms with Gasteiger partial charge in [-0.15, -0.1) is 0 Å². The molecule has 0 aromatic carbocycles. The SMILES string of the molecule is O=C(c1ccccn1)C1CCSCC1. The third-order valence-electron chi connectivity index (χ3n) is 2.51. The summed E-state index contributed by atoms with van der Waals surface area (Å²) in [6.07, 6.45) is 3.71. The predicted octanol–water partition coefficient (Wildman–Crippen LogP) is 2.41. The molecule has 1 saturated heterocycles. The number of carbonyl (C=O) groups excluding carboxylic acids is 1. The first-order chi connectivity index (χ1) is 6.88. The molecule has 1 aromatic rings. The maximum absolute atomic E-state index is 11.9. The van der Waals surface area contributed by atoms with Crippen LogP contribution < -0.4 is 0 Å². The number of Topliss-reactive ketones (excluding diaryl/α,β-unsaturated/α-hetero) is 1. The van der Waals surface area contributed by atoms with Gasteiger partial charge in [0.1, 0.15) is 5.69 Å². The molecule has 2 heterocycles. The summed E-state index contributed by atoms with van der Waals surface area (Å²) in [5.74, 6) is 2.67. The van der Waals surface area contributed by atoms with Crippen molar-refractivity contribution >= 4 is 17.5 Å². The quantitative estimate of drug-likeness (QED) is 0.697. The third kappa shape index (κ3) is 2.15. The highest BCUT2D eigenvalue weighted by atomic mass is 32.2. The maximum atomic E-state index is 11.9. The third-order valence-corrected chi connectivity index (χ3v) is 3.56. The zero-order valence-electron chi connectivity index (χ0n) is 7.98. The number of rotatable bonds is 2. The van der Waals surface area contributed by atoms with Crippen molar-refractivity contribution in [3.8, 4) is 0 Å². The molecule has 0 spiro atoms. The molecule has 0 radical (unpaired) electrons. The summed E-state index contributed by atoms with van der Waals surface area (Å²) in [6.45, 7) is 0. The van der Waals surface area contributed by atoms with Crippen LogP contribution in [-0.2, 0) is 0 Å². The summed E-state index contributed by atoms with van der Waals surface area (Å²) in [7, 11) is 0. The van der Waals surface area contributed by atoms with E-state index in [9.17, 15) is 4.79 Å². The van der Waals surface area contributed by atoms with Gasteiger partial charge in [-0.3, -0.25) is 9.78 Å². The van der Waals surface area contributed by atoms with Gasteiger partial charge in [-0.05, 0) is 36.5 Å². The Morgan fingerprint density at radius 2 is 2.14 bits per heavy atom. The van der Waals surface area contributed by atoms with Crippen molar-refractivity contribution in [3.63, 3.8) is 0 Å². The van der Waals surface area contributed by atoms with Crippen molar-refractivity contribution < 1.29 is 4.79 Å². The molecule has 0 atom stereocenters. The summed E-state index contributed by atoms with van der Waals surface area (Å²) in [6, 6.07) is 5.52. The van der Waals surface area contributed by atoms with E-state index in [0.717, 1.165) is 24.3 Å². The van der Waals surface area contributed by atoms with E-state index in [-0.39, 0.29) is 11.7 Å². The molecular weight excluding hydrogens is 194 g/mol. The minimum atomic E-state index is 0.214. The van der Waals surface area contributed by atoms with Gasteiger partial charge in [-0.25, -0.2) is 0 Å². The van der Waals surface area contributed by atoms with Gasteiger partial charge in [0.25, 0.3) is 0 Å². The molecule has 14 heavy (non-hydrogen) atoms. The van der Waals surface area contributed by atoms with E-state index in [1.54, 1.807) is 6.20 Å². The zero-order chi connectivity index (χ0) is 9.80. The van der Waals surface area contributed by atoms with Crippen LogP contribution in [0.5, 0.6) is 0 Å². The van der Waals surface area contributed by atoms with Crippen molar-refractivity contribution in [3.05, 3.63) is 30.1 Å². The molecule has 1 aliphatic rings. The van der Waals surface area contributed by atoms with Crippen molar-refractivity contribution in [2.75, 3.05) is 11.5 Å². The highest BCUT2D eigenvalue weighted by Gasteiger charge is 2.22. The number of ketones is 1. The fourth-order valence-corrected chi connectivity index (χ4v) is 2.78. The summed E-state index contributed by atoms with van der Waals surface area (Å²) in [5, 5.41) is 0. The largest absolute Gasteiger partial charge is 0.292 e. The first-order valence-corrected chi connectivity index (χ1v) is 6.06. The number of hydrogen-bond acceptors (Lipinski definition) is 3. The van der Waals surface area contributed by atoms with Crippen LogP contribution in [0, 0.1) is 5.92 Å². The van der Waals surface area contributed by atoms with Crippen LogP contribution in [0.15, 0.2) is 24.4 Å². The molecule has 2 rings (SSSR count). The van der Waals surface area contributed by atoms with Gasteiger partial charge < -0.3 is 0 Å². The van der Waals surface area contributed by atoms with Gasteiger partial charge in [0.05, 0.1) is 0 Å². The molecule has 1 aromatic heterocycles. The average Bonchev–Trinajstić information content (AvgIpc) is 2.30. The van der Waals surface area contributed by atoms with E-state index < -0.39 is 0 Å². The van der Waals surface area contributed by atoms with Gasteiger partial charge in [0, 0.05) is 12.1 Å². The number of carbonyl (C=O) groups is 1. The van der Waals surface area contributed by atoms with Crippen molar-refractivity contribution in [1.82, 2.24) is 4.98 Å². The lowest BCUT2D eigenvalue weighted by molar-refractivity contribution is 0.0908. The molecule has 0 saturated carbocycles. The van der Waals surface area contributed by atoms with Crippen LogP contribution >= 0.6 is 11.8 Å². The van der Waals surface area contributed by atoms with Crippen molar-refractivity contribution in [1.29, 1.82) is 0 Å². The van der Waals surface area contributed by atoms with Gasteiger partial charge >= 0.3 is 0 Å². The van der Waals surface area contributed by atoms with Gasteiger partial charge in [-0.2, -0.15) is 11.8 Å². The van der Waals surface area contributed by atoms with Crippen molar-refractivity contribution in [2.24, 2.45) is 5.92 Å². The molecule has 0 bridgehead atoms. The zero-order valence-corrected chi connectivity index (χ0v) is 8.80. The number of thioether (sulfide) groups is 1. The highest BCUT2D eigenvalue weighted by molar-refractivity contribution is 7.99. The standard InChI is InChI=1S/C11H13NOS/c13-11(9-4-7-14-8-5-9)10-3-1-2-6-12-10/h1-3,6,9H,4-5,7-8H2. The van der Waals surface area contributed by atoms with Gasteiger partial charge in [-0.1, -0.05) is 6.07 Å². The van der Waals surface area contributed by atoms with E-state index in [2.05, 4.69) is 4.98 Å². The van der Waals surface area contributed by atoms with Gasteiger partial charge in [0.15, 0.2) is 5.78 Å². The van der Waals surface area contributed by atoms with Crippen molar-refractivity contribution in [2.45, 2.75) is 12.8 Å². The Morgan fingerprint density at radius 1 is 1.36 bits per heavy atom. The van der Waals surface area contributed by atoms with E-state index >= 15 is 0 Å². The molecular formula is C11H13NOS. The molecule has 1 aliphatic heterocycles. The first kappa shape index (κ1) is 9.71. The number of pyridine rings is 1. The molecule has 74 valence electrons. The van der Waals surface area contributed by atoms with Crippen LogP contribution in [-0.4, -0.2) is 22.3 Å². The van der Waals surface area contributed by atoms with Gasteiger partial charge in [0.2, 0.25) is 0 Å². The predicted molar refractivity (Wildman–Crippen MR) is 58.6 cm³/mol. The minimum Gasteiger partial charge on any atom is -0.292 e. The lowest BCUT2D eigenvalue weighted by atomic mass is 9.95. The fraction of sp³-hybridized carbons (Fsp3) is 0.455. The molecule has 2 nitrogen and oxygen atoms in total.